The second kappa shape index (κ2) is 6.44. The van der Waals surface area contributed by atoms with Crippen molar-refractivity contribution in [2.24, 2.45) is 11.8 Å². The molecule has 1 aromatic rings. The van der Waals surface area contributed by atoms with E-state index in [-0.39, 0.29) is 17.9 Å². The minimum Gasteiger partial charge on any atom is -0.384 e. The van der Waals surface area contributed by atoms with Crippen molar-refractivity contribution in [3.63, 3.8) is 0 Å². The van der Waals surface area contributed by atoms with Gasteiger partial charge in [-0.2, -0.15) is 0 Å². The third-order valence-electron chi connectivity index (χ3n) is 5.21. The molecule has 2 bridgehead atoms. The summed E-state index contributed by atoms with van der Waals surface area (Å²) in [6.07, 6.45) is 3.94. The molecular formula is C17H29N5O2. The van der Waals surface area contributed by atoms with Gasteiger partial charge in [0.2, 0.25) is 5.91 Å². The fourth-order valence-corrected chi connectivity index (χ4v) is 3.90. The standard InChI is InChI=1S/C17H29N5O2/c1-11(2)18-16(23)14-9-21-6-5-12(14)7-13(21)8-22-10-15(19-20-22)17(3,4)24/h10-14,24H,5-9H2,1-4H3,(H,18,23). The number of hydrogen-bond donors (Lipinski definition) is 2. The largest absolute Gasteiger partial charge is 0.384 e. The molecule has 7 nitrogen and oxygen atoms in total. The maximum Gasteiger partial charge on any atom is 0.224 e. The van der Waals surface area contributed by atoms with Gasteiger partial charge in [-0.1, -0.05) is 5.21 Å². The van der Waals surface area contributed by atoms with Crippen LogP contribution in [0.4, 0.5) is 0 Å². The summed E-state index contributed by atoms with van der Waals surface area (Å²) in [5.41, 5.74) is -0.378. The topological polar surface area (TPSA) is 83.3 Å². The van der Waals surface area contributed by atoms with E-state index in [1.165, 1.54) is 0 Å². The molecule has 0 saturated carbocycles. The molecule has 0 aromatic carbocycles. The molecule has 2 N–H and O–H groups in total. The highest BCUT2D eigenvalue weighted by molar-refractivity contribution is 5.79. The van der Waals surface area contributed by atoms with Gasteiger partial charge < -0.3 is 10.4 Å². The minimum absolute atomic E-state index is 0.111. The van der Waals surface area contributed by atoms with Gasteiger partial charge in [-0.3, -0.25) is 14.4 Å². The monoisotopic (exact) mass is 335 g/mol. The van der Waals surface area contributed by atoms with Crippen molar-refractivity contribution in [3.8, 4) is 0 Å². The van der Waals surface area contributed by atoms with Gasteiger partial charge >= 0.3 is 0 Å². The number of amides is 1. The van der Waals surface area contributed by atoms with Crippen LogP contribution in [0, 0.1) is 11.8 Å². The minimum atomic E-state index is -0.968. The molecule has 4 rings (SSSR count). The van der Waals surface area contributed by atoms with Crippen LogP contribution >= 0.6 is 0 Å². The van der Waals surface area contributed by atoms with Gasteiger partial charge in [-0.05, 0) is 53.0 Å². The molecule has 3 saturated heterocycles. The normalized spacial score (nSPS) is 29.9. The summed E-state index contributed by atoms with van der Waals surface area (Å²) in [6.45, 7) is 10.1. The summed E-state index contributed by atoms with van der Waals surface area (Å²) in [7, 11) is 0. The highest BCUT2D eigenvalue weighted by atomic mass is 16.3. The van der Waals surface area contributed by atoms with Crippen LogP contribution in [0.25, 0.3) is 0 Å². The van der Waals surface area contributed by atoms with E-state index in [4.69, 9.17) is 0 Å². The van der Waals surface area contributed by atoms with Crippen LogP contribution in [0.5, 0.6) is 0 Å². The summed E-state index contributed by atoms with van der Waals surface area (Å²) in [4.78, 5) is 14.8. The third-order valence-corrected chi connectivity index (χ3v) is 5.21. The van der Waals surface area contributed by atoms with Crippen molar-refractivity contribution in [1.82, 2.24) is 25.2 Å². The number of hydrogen-bond acceptors (Lipinski definition) is 5. The number of carbonyl (C=O) groups excluding carboxylic acids is 1. The van der Waals surface area contributed by atoms with E-state index >= 15 is 0 Å². The van der Waals surface area contributed by atoms with E-state index in [0.29, 0.717) is 17.7 Å². The van der Waals surface area contributed by atoms with E-state index < -0.39 is 5.60 Å². The van der Waals surface area contributed by atoms with Crippen LogP contribution < -0.4 is 5.32 Å². The van der Waals surface area contributed by atoms with Gasteiger partial charge in [0, 0.05) is 18.6 Å². The van der Waals surface area contributed by atoms with Crippen LogP contribution in [0.15, 0.2) is 6.20 Å². The molecular weight excluding hydrogens is 306 g/mol. The molecule has 3 fully saturated rings. The molecule has 0 radical (unpaired) electrons. The van der Waals surface area contributed by atoms with E-state index in [1.54, 1.807) is 13.8 Å². The lowest BCUT2D eigenvalue weighted by molar-refractivity contribution is -0.133. The van der Waals surface area contributed by atoms with E-state index in [0.717, 1.165) is 32.5 Å². The first-order valence-corrected chi connectivity index (χ1v) is 8.91. The first-order chi connectivity index (χ1) is 11.2. The van der Waals surface area contributed by atoms with Crippen molar-refractivity contribution >= 4 is 5.91 Å². The van der Waals surface area contributed by atoms with Crippen molar-refractivity contribution in [1.29, 1.82) is 0 Å². The molecule has 0 aliphatic carbocycles. The first kappa shape index (κ1) is 17.4. The number of fused-ring (bicyclic) bond motifs is 3. The highest BCUT2D eigenvalue weighted by Crippen LogP contribution is 2.37. The fourth-order valence-electron chi connectivity index (χ4n) is 3.90. The van der Waals surface area contributed by atoms with Crippen LogP contribution in [-0.4, -0.2) is 56.1 Å². The Morgan fingerprint density at radius 2 is 2.25 bits per heavy atom. The third kappa shape index (κ3) is 3.62. The lowest BCUT2D eigenvalue weighted by Gasteiger charge is -2.49. The average Bonchev–Trinajstić information content (AvgIpc) is 2.96. The lowest BCUT2D eigenvalue weighted by atomic mass is 9.75. The molecule has 4 atom stereocenters. The number of piperidine rings is 3. The Labute approximate surface area is 143 Å². The first-order valence-electron chi connectivity index (χ1n) is 8.91. The second-order valence-electron chi connectivity index (χ2n) is 8.09. The summed E-state index contributed by atoms with van der Waals surface area (Å²) < 4.78 is 1.82. The quantitative estimate of drug-likeness (QED) is 0.829. The predicted octanol–water partition coefficient (Wildman–Crippen LogP) is 0.740. The zero-order chi connectivity index (χ0) is 17.5. The molecule has 24 heavy (non-hydrogen) atoms. The molecule has 4 heterocycles. The van der Waals surface area contributed by atoms with Gasteiger partial charge in [0.05, 0.1) is 18.7 Å². The number of rotatable bonds is 5. The van der Waals surface area contributed by atoms with Crippen LogP contribution in [0.2, 0.25) is 0 Å². The maximum absolute atomic E-state index is 12.4. The van der Waals surface area contributed by atoms with Crippen molar-refractivity contribution in [3.05, 3.63) is 11.9 Å². The van der Waals surface area contributed by atoms with Crippen LogP contribution in [-0.2, 0) is 16.9 Å². The Kier molecular flexibility index (Phi) is 4.66. The molecule has 1 amide bonds. The number of nitrogens with zero attached hydrogens (tertiary/aromatic N) is 4. The number of aliphatic hydroxyl groups is 1. The van der Waals surface area contributed by atoms with Crippen molar-refractivity contribution in [2.45, 2.75) is 64.8 Å². The Balaban J connectivity index is 1.62. The number of carbonyl (C=O) groups is 1. The Hall–Kier alpha value is -1.47. The maximum atomic E-state index is 12.4. The summed E-state index contributed by atoms with van der Waals surface area (Å²) >= 11 is 0. The van der Waals surface area contributed by atoms with Crippen LogP contribution in [0.3, 0.4) is 0 Å². The Bertz CT molecular complexity index is 592. The van der Waals surface area contributed by atoms with Gasteiger partial charge in [0.1, 0.15) is 11.3 Å². The van der Waals surface area contributed by atoms with Crippen LogP contribution in [0.1, 0.15) is 46.2 Å². The molecule has 3 aliphatic rings. The predicted molar refractivity (Wildman–Crippen MR) is 90.1 cm³/mol. The molecule has 7 heteroatoms. The van der Waals surface area contributed by atoms with E-state index in [2.05, 4.69) is 20.5 Å². The van der Waals surface area contributed by atoms with Gasteiger partial charge in [-0.15, -0.1) is 5.10 Å². The fraction of sp³-hybridized carbons (Fsp3) is 0.824. The zero-order valence-electron chi connectivity index (χ0n) is 15.1. The van der Waals surface area contributed by atoms with Crippen molar-refractivity contribution in [2.75, 3.05) is 13.1 Å². The average molecular weight is 335 g/mol. The SMILES string of the molecule is CC(C)NC(=O)C1CN2CCC1CC2Cn1cc(C(C)(C)O)nn1. The van der Waals surface area contributed by atoms with E-state index in [9.17, 15) is 9.90 Å². The Morgan fingerprint density at radius 3 is 2.79 bits per heavy atom. The van der Waals surface area contributed by atoms with Crippen molar-refractivity contribution < 1.29 is 9.90 Å². The zero-order valence-corrected chi connectivity index (χ0v) is 15.1. The number of aromatic nitrogens is 3. The summed E-state index contributed by atoms with van der Waals surface area (Å²) in [6, 6.07) is 0.586. The van der Waals surface area contributed by atoms with Gasteiger partial charge in [-0.25, -0.2) is 0 Å². The summed E-state index contributed by atoms with van der Waals surface area (Å²) in [5, 5.41) is 21.3. The molecule has 134 valence electrons. The highest BCUT2D eigenvalue weighted by Gasteiger charge is 2.43. The van der Waals surface area contributed by atoms with Gasteiger partial charge in [0.15, 0.2) is 0 Å². The smallest absolute Gasteiger partial charge is 0.224 e. The molecule has 4 unspecified atom stereocenters. The lowest BCUT2D eigenvalue weighted by Crippen LogP contribution is -2.58. The Morgan fingerprint density at radius 1 is 1.50 bits per heavy atom. The number of nitrogens with one attached hydrogen (secondary N) is 1. The second-order valence-corrected chi connectivity index (χ2v) is 8.09. The molecule has 1 aromatic heterocycles. The molecule has 3 aliphatic heterocycles. The van der Waals surface area contributed by atoms with Gasteiger partial charge in [0.25, 0.3) is 0 Å². The van der Waals surface area contributed by atoms with E-state index in [1.807, 2.05) is 24.7 Å². The molecule has 0 spiro atoms. The summed E-state index contributed by atoms with van der Waals surface area (Å²) in [5.74, 6) is 0.763.